The van der Waals surface area contributed by atoms with Crippen molar-refractivity contribution in [2.45, 2.75) is 33.0 Å². The van der Waals surface area contributed by atoms with Gasteiger partial charge in [0.15, 0.2) is 0 Å². The lowest BCUT2D eigenvalue weighted by Gasteiger charge is -2.31. The van der Waals surface area contributed by atoms with Crippen molar-refractivity contribution in [2.24, 2.45) is 5.73 Å². The second-order valence-corrected chi connectivity index (χ2v) is 6.19. The highest BCUT2D eigenvalue weighted by atomic mass is 35.5. The van der Waals surface area contributed by atoms with Crippen LogP contribution >= 0.6 is 22.9 Å². The van der Waals surface area contributed by atoms with E-state index >= 15 is 0 Å². The van der Waals surface area contributed by atoms with E-state index < -0.39 is 0 Å². The number of hydrogen-bond donors (Lipinski definition) is 1. The number of thiophene rings is 1. The van der Waals surface area contributed by atoms with E-state index in [1.807, 2.05) is 18.2 Å². The Labute approximate surface area is 123 Å². The van der Waals surface area contributed by atoms with Gasteiger partial charge in [0.25, 0.3) is 0 Å². The Morgan fingerprint density at radius 1 is 1.26 bits per heavy atom. The fourth-order valence-corrected chi connectivity index (χ4v) is 3.14. The number of anilines is 1. The highest BCUT2D eigenvalue weighted by Crippen LogP contribution is 2.32. The van der Waals surface area contributed by atoms with E-state index in [2.05, 4.69) is 36.3 Å². The first-order chi connectivity index (χ1) is 9.13. The maximum Gasteiger partial charge on any atom is 0.0643 e. The summed E-state index contributed by atoms with van der Waals surface area (Å²) in [5.74, 6) is 0. The molecule has 0 amide bonds. The lowest BCUT2D eigenvalue weighted by atomic mass is 10.1. The van der Waals surface area contributed by atoms with Crippen LogP contribution in [0.1, 0.15) is 24.3 Å². The van der Waals surface area contributed by atoms with Gasteiger partial charge in [-0.3, -0.25) is 0 Å². The summed E-state index contributed by atoms with van der Waals surface area (Å²) in [4.78, 5) is 3.65. The molecule has 2 nitrogen and oxygen atoms in total. The van der Waals surface area contributed by atoms with Gasteiger partial charge in [0.1, 0.15) is 0 Å². The lowest BCUT2D eigenvalue weighted by Crippen LogP contribution is -2.31. The Morgan fingerprint density at radius 3 is 2.63 bits per heavy atom. The summed E-state index contributed by atoms with van der Waals surface area (Å²) in [6.07, 6.45) is 0. The van der Waals surface area contributed by atoms with Crippen LogP contribution in [0.5, 0.6) is 0 Å². The summed E-state index contributed by atoms with van der Waals surface area (Å²) in [7, 11) is 0. The predicted molar refractivity (Wildman–Crippen MR) is 85.0 cm³/mol. The highest BCUT2D eigenvalue weighted by Gasteiger charge is 2.17. The van der Waals surface area contributed by atoms with E-state index in [4.69, 9.17) is 17.3 Å². The summed E-state index contributed by atoms with van der Waals surface area (Å²) in [6.45, 7) is 5.73. The zero-order valence-corrected chi connectivity index (χ0v) is 12.8. The first-order valence-electron chi connectivity index (χ1n) is 6.40. The molecule has 4 heteroatoms. The number of nitrogens with zero attached hydrogens (tertiary/aromatic N) is 1. The van der Waals surface area contributed by atoms with Crippen LogP contribution in [0.15, 0.2) is 35.7 Å². The first-order valence-corrected chi connectivity index (χ1v) is 7.65. The van der Waals surface area contributed by atoms with Crippen molar-refractivity contribution in [2.75, 3.05) is 4.90 Å². The molecule has 0 aliphatic rings. The normalized spacial score (nSPS) is 11.0. The topological polar surface area (TPSA) is 29.3 Å². The first kappa shape index (κ1) is 14.4. The molecule has 2 aromatic rings. The second kappa shape index (κ2) is 6.42. The Hall–Kier alpha value is -1.03. The molecule has 0 atom stereocenters. The fraction of sp³-hybridized carbons (Fsp3) is 0.333. The van der Waals surface area contributed by atoms with Gasteiger partial charge >= 0.3 is 0 Å². The number of halogens is 1. The molecule has 0 spiro atoms. The molecule has 0 aliphatic heterocycles. The average Bonchev–Trinajstić information content (AvgIpc) is 2.89. The minimum atomic E-state index is 0.368. The van der Waals surface area contributed by atoms with Crippen molar-refractivity contribution in [1.82, 2.24) is 0 Å². The summed E-state index contributed by atoms with van der Waals surface area (Å²) < 4.78 is 0. The van der Waals surface area contributed by atoms with E-state index in [1.165, 1.54) is 4.88 Å². The quantitative estimate of drug-likeness (QED) is 0.892. The van der Waals surface area contributed by atoms with Crippen LogP contribution in [0.3, 0.4) is 0 Å². The Bertz CT molecular complexity index is 523. The molecular weight excluding hydrogens is 276 g/mol. The van der Waals surface area contributed by atoms with Crippen LogP contribution in [-0.4, -0.2) is 6.04 Å². The molecule has 2 rings (SSSR count). The molecule has 0 unspecified atom stereocenters. The van der Waals surface area contributed by atoms with E-state index in [9.17, 15) is 0 Å². The minimum Gasteiger partial charge on any atom is -0.362 e. The van der Waals surface area contributed by atoms with Crippen LogP contribution in [0.25, 0.3) is 0 Å². The summed E-state index contributed by atoms with van der Waals surface area (Å²) in [5.41, 5.74) is 8.01. The van der Waals surface area contributed by atoms with Gasteiger partial charge in [0.05, 0.1) is 17.3 Å². The molecule has 19 heavy (non-hydrogen) atoms. The van der Waals surface area contributed by atoms with Crippen molar-refractivity contribution in [3.63, 3.8) is 0 Å². The van der Waals surface area contributed by atoms with Crippen LogP contribution < -0.4 is 10.6 Å². The van der Waals surface area contributed by atoms with Crippen molar-refractivity contribution in [3.05, 3.63) is 51.2 Å². The number of hydrogen-bond acceptors (Lipinski definition) is 3. The molecule has 0 fully saturated rings. The Balaban J connectivity index is 2.39. The van der Waals surface area contributed by atoms with Crippen molar-refractivity contribution in [1.29, 1.82) is 0 Å². The summed E-state index contributed by atoms with van der Waals surface area (Å²) in [6, 6.07) is 10.5. The molecule has 102 valence electrons. The lowest BCUT2D eigenvalue weighted by molar-refractivity contribution is 0.683. The number of para-hydroxylation sites is 1. The third-order valence-electron chi connectivity index (χ3n) is 3.11. The maximum atomic E-state index is 6.39. The standard InChI is InChI=1S/C15H19ClN2S/c1-11(2)18(10-13-6-4-8-19-13)15-12(9-17)5-3-7-14(15)16/h3-8,11H,9-10,17H2,1-2H3. The fourth-order valence-electron chi connectivity index (χ4n) is 2.14. The number of nitrogens with two attached hydrogens (primary N) is 1. The zero-order chi connectivity index (χ0) is 13.8. The highest BCUT2D eigenvalue weighted by molar-refractivity contribution is 7.09. The maximum absolute atomic E-state index is 6.39. The van der Waals surface area contributed by atoms with Gasteiger partial charge in [-0.15, -0.1) is 11.3 Å². The van der Waals surface area contributed by atoms with Crippen LogP contribution in [0, 0.1) is 0 Å². The molecule has 1 aromatic carbocycles. The van der Waals surface area contributed by atoms with E-state index in [0.717, 1.165) is 22.8 Å². The number of rotatable bonds is 5. The Kier molecular flexibility index (Phi) is 4.86. The predicted octanol–water partition coefficient (Wildman–Crippen LogP) is 4.28. The minimum absolute atomic E-state index is 0.368. The van der Waals surface area contributed by atoms with E-state index in [0.29, 0.717) is 12.6 Å². The molecule has 1 heterocycles. The molecule has 0 saturated heterocycles. The van der Waals surface area contributed by atoms with Gasteiger partial charge in [-0.2, -0.15) is 0 Å². The van der Waals surface area contributed by atoms with E-state index in [1.54, 1.807) is 11.3 Å². The summed E-state index contributed by atoms with van der Waals surface area (Å²) in [5, 5.41) is 2.87. The molecule has 2 N–H and O–H groups in total. The zero-order valence-electron chi connectivity index (χ0n) is 11.3. The summed E-state index contributed by atoms with van der Waals surface area (Å²) >= 11 is 8.16. The van der Waals surface area contributed by atoms with Crippen molar-refractivity contribution >= 4 is 28.6 Å². The molecule has 0 radical (unpaired) electrons. The van der Waals surface area contributed by atoms with Crippen LogP contribution in [0.2, 0.25) is 5.02 Å². The average molecular weight is 295 g/mol. The number of benzene rings is 1. The van der Waals surface area contributed by atoms with Crippen LogP contribution in [0.4, 0.5) is 5.69 Å². The largest absolute Gasteiger partial charge is 0.362 e. The van der Waals surface area contributed by atoms with Gasteiger partial charge < -0.3 is 10.6 Å². The third-order valence-corrected chi connectivity index (χ3v) is 4.27. The Morgan fingerprint density at radius 2 is 2.05 bits per heavy atom. The molecule has 1 aromatic heterocycles. The van der Waals surface area contributed by atoms with Gasteiger partial charge in [-0.05, 0) is 36.9 Å². The SMILES string of the molecule is CC(C)N(Cc1cccs1)c1c(Cl)cccc1CN. The molecule has 0 aliphatic carbocycles. The van der Waals surface area contributed by atoms with E-state index in [-0.39, 0.29) is 0 Å². The molecular formula is C15H19ClN2S. The van der Waals surface area contributed by atoms with Gasteiger partial charge in [0, 0.05) is 17.5 Å². The molecule has 0 saturated carbocycles. The van der Waals surface area contributed by atoms with Gasteiger partial charge in [-0.25, -0.2) is 0 Å². The van der Waals surface area contributed by atoms with Crippen molar-refractivity contribution < 1.29 is 0 Å². The van der Waals surface area contributed by atoms with Gasteiger partial charge in [0.2, 0.25) is 0 Å². The third kappa shape index (κ3) is 3.30. The monoisotopic (exact) mass is 294 g/mol. The van der Waals surface area contributed by atoms with Crippen LogP contribution in [-0.2, 0) is 13.1 Å². The second-order valence-electron chi connectivity index (χ2n) is 4.75. The van der Waals surface area contributed by atoms with Gasteiger partial charge in [-0.1, -0.05) is 29.8 Å². The smallest absolute Gasteiger partial charge is 0.0643 e. The van der Waals surface area contributed by atoms with Crippen molar-refractivity contribution in [3.8, 4) is 0 Å². The molecule has 0 bridgehead atoms.